The molecule has 2 heterocycles. The molecule has 2 rings (SSSR count). The van der Waals surface area contributed by atoms with Crippen molar-refractivity contribution in [2.24, 2.45) is 5.92 Å². The lowest BCUT2D eigenvalue weighted by Crippen LogP contribution is -2.61. The van der Waals surface area contributed by atoms with Gasteiger partial charge in [0.05, 0.1) is 19.6 Å². The summed E-state index contributed by atoms with van der Waals surface area (Å²) in [5.41, 5.74) is 0. The van der Waals surface area contributed by atoms with E-state index in [9.17, 15) is 19.5 Å². The van der Waals surface area contributed by atoms with Gasteiger partial charge in [-0.1, -0.05) is 6.92 Å². The van der Waals surface area contributed by atoms with Crippen molar-refractivity contribution in [1.82, 2.24) is 14.7 Å². The van der Waals surface area contributed by atoms with Crippen LogP contribution in [-0.2, 0) is 23.9 Å². The summed E-state index contributed by atoms with van der Waals surface area (Å²) in [4.78, 5) is 43.0. The molecule has 154 valence electrons. The number of hydrogen-bond acceptors (Lipinski definition) is 9. The molecular weight excluding hydrogens is 354 g/mol. The first kappa shape index (κ1) is 21.7. The van der Waals surface area contributed by atoms with Gasteiger partial charge in [0.1, 0.15) is 0 Å². The Kier molecular flexibility index (Phi) is 7.32. The Morgan fingerprint density at radius 1 is 0.926 bits per heavy atom. The summed E-state index contributed by atoms with van der Waals surface area (Å²) in [5, 5.41) is 10.9. The van der Waals surface area contributed by atoms with Crippen molar-refractivity contribution < 1.29 is 29.0 Å². The molecule has 0 amide bonds. The second kappa shape index (κ2) is 9.09. The zero-order valence-electron chi connectivity index (χ0n) is 16.6. The van der Waals surface area contributed by atoms with E-state index < -0.39 is 35.5 Å². The molecule has 1 N–H and O–H groups in total. The maximum atomic E-state index is 12.7. The molecule has 0 radical (unpaired) electrons. The number of carbonyl (C=O) groups is 3. The van der Waals surface area contributed by atoms with Crippen LogP contribution in [0.25, 0.3) is 0 Å². The number of likely N-dealkylation sites (N-methyl/N-ethyl adjacent to an activating group) is 3. The molecule has 9 nitrogen and oxygen atoms in total. The van der Waals surface area contributed by atoms with Crippen LogP contribution in [0.2, 0.25) is 0 Å². The van der Waals surface area contributed by atoms with E-state index in [4.69, 9.17) is 9.47 Å². The molecule has 9 heteroatoms. The van der Waals surface area contributed by atoms with Crippen LogP contribution < -0.4 is 0 Å². The van der Waals surface area contributed by atoms with E-state index in [1.54, 1.807) is 35.8 Å². The Labute approximate surface area is 160 Å². The number of nitrogens with zero attached hydrogens (tertiary/aromatic N) is 3. The molecule has 0 aromatic carbocycles. The van der Waals surface area contributed by atoms with Gasteiger partial charge in [0.25, 0.3) is 5.79 Å². The third kappa shape index (κ3) is 5.25. The lowest BCUT2D eigenvalue weighted by atomic mass is 9.85. The predicted octanol–water partition coefficient (Wildman–Crippen LogP) is -1.06. The monoisotopic (exact) mass is 385 g/mol. The maximum Gasteiger partial charge on any atom is 0.323 e. The number of carbonyl (C=O) groups excluding carboxylic acids is 3. The van der Waals surface area contributed by atoms with E-state index in [1.165, 1.54) is 0 Å². The number of aliphatic hydroxyl groups is 1. The minimum Gasteiger partial charge on any atom is -0.418 e. The molecule has 0 bridgehead atoms. The van der Waals surface area contributed by atoms with Crippen LogP contribution >= 0.6 is 0 Å². The van der Waals surface area contributed by atoms with Crippen LogP contribution in [0.4, 0.5) is 0 Å². The van der Waals surface area contributed by atoms with Gasteiger partial charge in [0.2, 0.25) is 0 Å². The number of esters is 2. The predicted molar refractivity (Wildman–Crippen MR) is 96.8 cm³/mol. The molecular formula is C18H31N3O6. The smallest absolute Gasteiger partial charge is 0.323 e. The third-order valence-corrected chi connectivity index (χ3v) is 5.24. The first-order valence-corrected chi connectivity index (χ1v) is 9.38. The third-order valence-electron chi connectivity index (χ3n) is 5.24. The highest BCUT2D eigenvalue weighted by molar-refractivity contribution is 5.87. The average molecular weight is 385 g/mol. The second-order valence-corrected chi connectivity index (χ2v) is 7.65. The molecule has 0 aromatic heterocycles. The molecule has 2 saturated heterocycles. The fourth-order valence-electron chi connectivity index (χ4n) is 3.61. The Balaban J connectivity index is 2.46. The van der Waals surface area contributed by atoms with E-state index in [1.807, 2.05) is 6.92 Å². The zero-order chi connectivity index (χ0) is 20.2. The lowest BCUT2D eigenvalue weighted by molar-refractivity contribution is -0.282. The van der Waals surface area contributed by atoms with Gasteiger partial charge in [0.15, 0.2) is 11.9 Å². The van der Waals surface area contributed by atoms with E-state index in [0.29, 0.717) is 32.5 Å². The maximum absolute atomic E-state index is 12.7. The van der Waals surface area contributed by atoms with Crippen molar-refractivity contribution in [1.29, 1.82) is 0 Å². The standard InChI is InChI=1S/C18H31N3O6/c1-5-13-6-7-19(2)11-15(23)26-18(13)17(25)14(22)10-20(3)8-9-21(4)12-16(24)27-18/h13,17,25H,5-12H2,1-4H3/t13?,17?,18-/m1/s1. The number of hydrogen-bond donors (Lipinski definition) is 1. The van der Waals surface area contributed by atoms with Gasteiger partial charge >= 0.3 is 11.9 Å². The van der Waals surface area contributed by atoms with Crippen LogP contribution in [0.15, 0.2) is 0 Å². The van der Waals surface area contributed by atoms with Gasteiger partial charge in [-0.2, -0.15) is 0 Å². The summed E-state index contributed by atoms with van der Waals surface area (Å²) in [6.45, 7) is 3.48. The van der Waals surface area contributed by atoms with Crippen molar-refractivity contribution >= 4 is 17.7 Å². The van der Waals surface area contributed by atoms with E-state index >= 15 is 0 Å². The summed E-state index contributed by atoms with van der Waals surface area (Å²) < 4.78 is 11.2. The quantitative estimate of drug-likeness (QED) is 0.566. The minimum absolute atomic E-state index is 0.00352. The van der Waals surface area contributed by atoms with Gasteiger partial charge in [-0.25, -0.2) is 0 Å². The van der Waals surface area contributed by atoms with Crippen molar-refractivity contribution in [3.8, 4) is 0 Å². The highest BCUT2D eigenvalue weighted by Gasteiger charge is 2.55. The Hall–Kier alpha value is -1.55. The van der Waals surface area contributed by atoms with Gasteiger partial charge in [-0.3, -0.25) is 29.1 Å². The van der Waals surface area contributed by atoms with E-state index in [2.05, 4.69) is 0 Å². The molecule has 2 fully saturated rings. The van der Waals surface area contributed by atoms with Crippen LogP contribution in [0, 0.1) is 5.92 Å². The topological polar surface area (TPSA) is 99.6 Å². The molecule has 0 aliphatic carbocycles. The summed E-state index contributed by atoms with van der Waals surface area (Å²) in [7, 11) is 5.33. The second-order valence-electron chi connectivity index (χ2n) is 7.65. The van der Waals surface area contributed by atoms with Gasteiger partial charge in [0, 0.05) is 19.0 Å². The van der Waals surface area contributed by atoms with Crippen molar-refractivity contribution in [2.75, 3.05) is 60.4 Å². The Morgan fingerprint density at radius 2 is 1.41 bits per heavy atom. The van der Waals surface area contributed by atoms with Crippen LogP contribution in [0.1, 0.15) is 19.8 Å². The van der Waals surface area contributed by atoms with E-state index in [-0.39, 0.29) is 19.6 Å². The minimum atomic E-state index is -1.99. The van der Waals surface area contributed by atoms with Gasteiger partial charge in [-0.15, -0.1) is 0 Å². The normalized spacial score (nSPS) is 33.7. The number of aliphatic hydroxyl groups excluding tert-OH is 1. The fraction of sp³-hybridized carbons (Fsp3) is 0.833. The molecule has 0 aromatic rings. The average Bonchev–Trinajstić information content (AvgIpc) is 2.58. The molecule has 2 aliphatic heterocycles. The molecule has 1 spiro atoms. The molecule has 2 aliphatic rings. The van der Waals surface area contributed by atoms with Crippen LogP contribution in [0.5, 0.6) is 0 Å². The Bertz CT molecular complexity index is 571. The summed E-state index contributed by atoms with van der Waals surface area (Å²) >= 11 is 0. The number of ketones is 1. The molecule has 27 heavy (non-hydrogen) atoms. The highest BCUT2D eigenvalue weighted by atomic mass is 16.7. The number of rotatable bonds is 1. The van der Waals surface area contributed by atoms with Crippen molar-refractivity contribution in [2.45, 2.75) is 31.7 Å². The molecule has 0 saturated carbocycles. The molecule has 2 unspecified atom stereocenters. The largest absolute Gasteiger partial charge is 0.418 e. The summed E-state index contributed by atoms with van der Waals surface area (Å²) in [6, 6.07) is 0. The highest BCUT2D eigenvalue weighted by Crippen LogP contribution is 2.35. The van der Waals surface area contributed by atoms with Crippen LogP contribution in [-0.4, -0.2) is 110 Å². The fourth-order valence-corrected chi connectivity index (χ4v) is 3.61. The van der Waals surface area contributed by atoms with Gasteiger partial charge < -0.3 is 14.6 Å². The lowest BCUT2D eigenvalue weighted by Gasteiger charge is -2.43. The molecule has 3 atom stereocenters. The zero-order valence-corrected chi connectivity index (χ0v) is 16.6. The van der Waals surface area contributed by atoms with Crippen LogP contribution in [0.3, 0.4) is 0 Å². The van der Waals surface area contributed by atoms with Crippen molar-refractivity contribution in [3.05, 3.63) is 0 Å². The van der Waals surface area contributed by atoms with Gasteiger partial charge in [-0.05, 0) is 40.5 Å². The first-order chi connectivity index (χ1) is 12.7. The SMILES string of the molecule is CCC1CCN(C)CC(=O)O[C@@]12OC(=O)CN(C)CCN(C)CC(=O)C2O. The summed E-state index contributed by atoms with van der Waals surface area (Å²) in [5.74, 6) is -4.28. The Morgan fingerprint density at radius 3 is 1.93 bits per heavy atom. The number of Topliss-reactive ketones (excluding diaryl/α,β-unsaturated/α-hetero) is 1. The van der Waals surface area contributed by atoms with E-state index in [0.717, 1.165) is 0 Å². The first-order valence-electron chi connectivity index (χ1n) is 9.38. The number of ether oxygens (including phenoxy) is 2. The van der Waals surface area contributed by atoms with Crippen molar-refractivity contribution in [3.63, 3.8) is 0 Å². The summed E-state index contributed by atoms with van der Waals surface area (Å²) in [6.07, 6.45) is -0.738.